The van der Waals surface area contributed by atoms with Crippen molar-refractivity contribution >= 4 is 11.6 Å². The van der Waals surface area contributed by atoms with Gasteiger partial charge in [0.05, 0.1) is 19.3 Å². The smallest absolute Gasteiger partial charge is 0.191 e. The lowest BCUT2D eigenvalue weighted by Crippen LogP contribution is -2.44. The molecule has 2 fully saturated rings. The van der Waals surface area contributed by atoms with E-state index in [0.29, 0.717) is 5.92 Å². The Bertz CT molecular complexity index is 623. The van der Waals surface area contributed by atoms with Gasteiger partial charge in [-0.15, -0.1) is 0 Å². The number of nitrogens with zero attached hydrogens (tertiary/aromatic N) is 3. The van der Waals surface area contributed by atoms with E-state index in [9.17, 15) is 0 Å². The number of morpholine rings is 1. The lowest BCUT2D eigenvalue weighted by Gasteiger charge is -2.29. The van der Waals surface area contributed by atoms with Crippen molar-refractivity contribution in [3.05, 3.63) is 29.8 Å². The van der Waals surface area contributed by atoms with Crippen LogP contribution in [0.4, 0.5) is 5.69 Å². The number of hydrogen-bond donors (Lipinski definition) is 2. The average molecular weight is 388 g/mol. The number of rotatable bonds is 7. The van der Waals surface area contributed by atoms with Gasteiger partial charge in [0.15, 0.2) is 5.96 Å². The fourth-order valence-corrected chi connectivity index (χ4v) is 4.01. The molecule has 2 N–H and O–H groups in total. The van der Waals surface area contributed by atoms with Crippen molar-refractivity contribution in [3.8, 4) is 0 Å². The summed E-state index contributed by atoms with van der Waals surface area (Å²) in [5.74, 6) is 1.43. The zero-order valence-corrected chi connectivity index (χ0v) is 17.8. The van der Waals surface area contributed by atoms with E-state index in [4.69, 9.17) is 4.74 Å². The Kier molecular flexibility index (Phi) is 7.98. The van der Waals surface area contributed by atoms with Crippen molar-refractivity contribution in [1.82, 2.24) is 15.5 Å². The molecular weight excluding hydrogens is 350 g/mol. The summed E-state index contributed by atoms with van der Waals surface area (Å²) in [4.78, 5) is 9.39. The maximum absolute atomic E-state index is 5.43. The van der Waals surface area contributed by atoms with Gasteiger partial charge in [-0.3, -0.25) is 9.89 Å². The van der Waals surface area contributed by atoms with Crippen molar-refractivity contribution in [2.45, 2.75) is 32.7 Å². The Hall–Kier alpha value is -1.79. The number of aliphatic imine (C=N–C) groups is 1. The first-order valence-corrected chi connectivity index (χ1v) is 10.8. The topological polar surface area (TPSA) is 52.1 Å². The minimum absolute atomic E-state index is 0.211. The van der Waals surface area contributed by atoms with Gasteiger partial charge in [0.1, 0.15) is 0 Å². The van der Waals surface area contributed by atoms with Crippen LogP contribution in [0.3, 0.4) is 0 Å². The molecule has 2 unspecified atom stereocenters. The summed E-state index contributed by atoms with van der Waals surface area (Å²) in [5.41, 5.74) is 2.64. The van der Waals surface area contributed by atoms with Gasteiger partial charge in [-0.1, -0.05) is 19.1 Å². The van der Waals surface area contributed by atoms with Crippen LogP contribution in [0.5, 0.6) is 0 Å². The van der Waals surface area contributed by atoms with Gasteiger partial charge in [-0.05, 0) is 43.4 Å². The standard InChI is InChI=1S/C22H37N5O/c1-18(17-26-11-13-28-14-12-26)16-24-22(23-3)25-19(2)20-7-6-8-21(15-20)27-9-4-5-10-27/h6-8,15,18-19H,4-5,9-14,16-17H2,1-3H3,(H2,23,24,25). The van der Waals surface area contributed by atoms with Crippen LogP contribution < -0.4 is 15.5 Å². The highest BCUT2D eigenvalue weighted by molar-refractivity contribution is 5.80. The van der Waals surface area contributed by atoms with Crippen LogP contribution in [0.15, 0.2) is 29.3 Å². The lowest BCUT2D eigenvalue weighted by atomic mass is 10.1. The maximum Gasteiger partial charge on any atom is 0.191 e. The van der Waals surface area contributed by atoms with Gasteiger partial charge in [-0.2, -0.15) is 0 Å². The van der Waals surface area contributed by atoms with E-state index < -0.39 is 0 Å². The van der Waals surface area contributed by atoms with Crippen molar-refractivity contribution in [2.75, 3.05) is 64.4 Å². The second kappa shape index (κ2) is 10.7. The molecule has 0 bridgehead atoms. The second-order valence-electron chi connectivity index (χ2n) is 8.13. The summed E-state index contributed by atoms with van der Waals surface area (Å²) in [5, 5.41) is 7.05. The summed E-state index contributed by atoms with van der Waals surface area (Å²) in [7, 11) is 1.84. The van der Waals surface area contributed by atoms with Crippen LogP contribution in [-0.2, 0) is 4.74 Å². The molecule has 3 rings (SSSR count). The van der Waals surface area contributed by atoms with E-state index in [1.54, 1.807) is 0 Å². The van der Waals surface area contributed by atoms with E-state index >= 15 is 0 Å². The predicted molar refractivity (Wildman–Crippen MR) is 117 cm³/mol. The number of nitrogens with one attached hydrogen (secondary N) is 2. The SMILES string of the molecule is CN=C(NCC(C)CN1CCOCC1)NC(C)c1cccc(N2CCCC2)c1. The first-order chi connectivity index (χ1) is 13.7. The van der Waals surface area contributed by atoms with E-state index in [1.807, 2.05) is 7.05 Å². The molecule has 2 aliphatic heterocycles. The highest BCUT2D eigenvalue weighted by atomic mass is 16.5. The lowest BCUT2D eigenvalue weighted by molar-refractivity contribution is 0.0320. The Morgan fingerprint density at radius 3 is 2.61 bits per heavy atom. The molecule has 0 spiro atoms. The van der Waals surface area contributed by atoms with E-state index in [-0.39, 0.29) is 6.04 Å². The van der Waals surface area contributed by atoms with Gasteiger partial charge >= 0.3 is 0 Å². The summed E-state index contributed by atoms with van der Waals surface area (Å²) < 4.78 is 5.43. The van der Waals surface area contributed by atoms with Crippen LogP contribution in [0.2, 0.25) is 0 Å². The molecule has 2 atom stereocenters. The monoisotopic (exact) mass is 387 g/mol. The van der Waals surface area contributed by atoms with Crippen molar-refractivity contribution in [1.29, 1.82) is 0 Å². The molecule has 0 amide bonds. The van der Waals surface area contributed by atoms with E-state index in [1.165, 1.54) is 37.2 Å². The Balaban J connectivity index is 1.47. The second-order valence-corrected chi connectivity index (χ2v) is 8.13. The number of ether oxygens (including phenoxy) is 1. The summed E-state index contributed by atoms with van der Waals surface area (Å²) in [6, 6.07) is 9.12. The van der Waals surface area contributed by atoms with Gasteiger partial charge in [0.2, 0.25) is 0 Å². The zero-order chi connectivity index (χ0) is 19.8. The third kappa shape index (κ3) is 6.11. The molecule has 2 saturated heterocycles. The molecule has 28 heavy (non-hydrogen) atoms. The van der Waals surface area contributed by atoms with Gasteiger partial charge < -0.3 is 20.3 Å². The van der Waals surface area contributed by atoms with Gasteiger partial charge in [0, 0.05) is 52.0 Å². The van der Waals surface area contributed by atoms with Crippen molar-refractivity contribution in [2.24, 2.45) is 10.9 Å². The number of guanidine groups is 1. The zero-order valence-electron chi connectivity index (χ0n) is 17.8. The van der Waals surface area contributed by atoms with Crippen LogP contribution >= 0.6 is 0 Å². The summed E-state index contributed by atoms with van der Waals surface area (Å²) >= 11 is 0. The molecule has 0 aliphatic carbocycles. The fourth-order valence-electron chi connectivity index (χ4n) is 4.01. The predicted octanol–water partition coefficient (Wildman–Crippen LogP) is 2.48. The molecule has 6 heteroatoms. The molecule has 1 aromatic rings. The Morgan fingerprint density at radius 2 is 1.89 bits per heavy atom. The van der Waals surface area contributed by atoms with Gasteiger partial charge in [-0.25, -0.2) is 0 Å². The van der Waals surface area contributed by atoms with Crippen LogP contribution in [0.25, 0.3) is 0 Å². The minimum atomic E-state index is 0.211. The molecule has 0 radical (unpaired) electrons. The third-order valence-corrected chi connectivity index (χ3v) is 5.71. The largest absolute Gasteiger partial charge is 0.379 e. The first kappa shape index (κ1) is 20.9. The molecule has 6 nitrogen and oxygen atoms in total. The summed E-state index contributed by atoms with van der Waals surface area (Å²) in [6.45, 7) is 12.7. The van der Waals surface area contributed by atoms with Crippen molar-refractivity contribution in [3.63, 3.8) is 0 Å². The van der Waals surface area contributed by atoms with Gasteiger partial charge in [0.25, 0.3) is 0 Å². The molecule has 0 aromatic heterocycles. The Labute approximate surface area is 170 Å². The van der Waals surface area contributed by atoms with Crippen molar-refractivity contribution < 1.29 is 4.74 Å². The van der Waals surface area contributed by atoms with E-state index in [2.05, 4.69) is 63.5 Å². The quantitative estimate of drug-likeness (QED) is 0.556. The normalized spacial score (nSPS) is 20.8. The minimum Gasteiger partial charge on any atom is -0.379 e. The number of anilines is 1. The molecular formula is C22H37N5O. The third-order valence-electron chi connectivity index (χ3n) is 5.71. The summed E-state index contributed by atoms with van der Waals surface area (Å²) in [6.07, 6.45) is 2.61. The van der Waals surface area contributed by atoms with Crippen LogP contribution in [0.1, 0.15) is 38.3 Å². The van der Waals surface area contributed by atoms with Crippen LogP contribution in [-0.4, -0.2) is 70.4 Å². The molecule has 0 saturated carbocycles. The fraction of sp³-hybridized carbons (Fsp3) is 0.682. The van der Waals surface area contributed by atoms with Crippen LogP contribution in [0, 0.1) is 5.92 Å². The highest BCUT2D eigenvalue weighted by Crippen LogP contribution is 2.23. The first-order valence-electron chi connectivity index (χ1n) is 10.8. The molecule has 1 aromatic carbocycles. The number of hydrogen-bond acceptors (Lipinski definition) is 4. The maximum atomic E-state index is 5.43. The molecule has 2 heterocycles. The molecule has 156 valence electrons. The Morgan fingerprint density at radius 1 is 1.14 bits per heavy atom. The number of benzene rings is 1. The highest BCUT2D eigenvalue weighted by Gasteiger charge is 2.16. The average Bonchev–Trinajstić information content (AvgIpc) is 3.27. The molecule has 2 aliphatic rings. The van der Waals surface area contributed by atoms with E-state index in [0.717, 1.165) is 45.4 Å².